The van der Waals surface area contributed by atoms with E-state index in [1.54, 1.807) is 0 Å². The fourth-order valence-corrected chi connectivity index (χ4v) is 2.40. The Kier molecular flexibility index (Phi) is 2.87. The van der Waals surface area contributed by atoms with E-state index in [1.807, 2.05) is 0 Å². The Labute approximate surface area is 92.9 Å². The molecule has 1 aromatic heterocycles. The van der Waals surface area contributed by atoms with Crippen molar-refractivity contribution in [2.45, 2.75) is 52.7 Å². The summed E-state index contributed by atoms with van der Waals surface area (Å²) in [7, 11) is 0. The van der Waals surface area contributed by atoms with Crippen LogP contribution in [0.5, 0.6) is 0 Å². The molecule has 2 nitrogen and oxygen atoms in total. The van der Waals surface area contributed by atoms with Crippen LogP contribution in [-0.4, -0.2) is 22.1 Å². The fourth-order valence-electron chi connectivity index (χ4n) is 2.40. The molecule has 0 unspecified atom stereocenters. The monoisotopic (exact) mass is 206 g/mol. The van der Waals surface area contributed by atoms with Gasteiger partial charge in [-0.1, -0.05) is 13.8 Å². The van der Waals surface area contributed by atoms with Crippen molar-refractivity contribution < 1.29 is 0 Å². The summed E-state index contributed by atoms with van der Waals surface area (Å²) in [5, 5.41) is 0. The fraction of sp³-hybridized carbons (Fsp3) is 0.692. The molecule has 0 spiro atoms. The molecule has 84 valence electrons. The molecule has 0 saturated heterocycles. The Morgan fingerprint density at radius 2 is 1.80 bits per heavy atom. The van der Waals surface area contributed by atoms with Gasteiger partial charge in [0, 0.05) is 37.1 Å². The van der Waals surface area contributed by atoms with Crippen LogP contribution in [0.3, 0.4) is 0 Å². The largest absolute Gasteiger partial charge is 0.346 e. The van der Waals surface area contributed by atoms with Crippen molar-refractivity contribution in [3.63, 3.8) is 0 Å². The second-order valence-electron chi connectivity index (χ2n) is 5.12. The van der Waals surface area contributed by atoms with Gasteiger partial charge in [-0.15, -0.1) is 0 Å². The highest BCUT2D eigenvalue weighted by molar-refractivity contribution is 5.20. The van der Waals surface area contributed by atoms with Crippen molar-refractivity contribution in [3.05, 3.63) is 23.5 Å². The first-order valence-corrected chi connectivity index (χ1v) is 6.02. The molecule has 0 saturated carbocycles. The highest BCUT2D eigenvalue weighted by atomic mass is 15.2. The SMILES string of the molecule is CC(C)c1ccc2n1CCN(C(C)C)C2. The summed E-state index contributed by atoms with van der Waals surface area (Å²) in [5.41, 5.74) is 2.98. The highest BCUT2D eigenvalue weighted by Crippen LogP contribution is 2.23. The van der Waals surface area contributed by atoms with Gasteiger partial charge in [0.2, 0.25) is 0 Å². The van der Waals surface area contributed by atoms with Crippen LogP contribution >= 0.6 is 0 Å². The van der Waals surface area contributed by atoms with Gasteiger partial charge in [0.25, 0.3) is 0 Å². The quantitative estimate of drug-likeness (QED) is 0.722. The molecule has 1 aromatic rings. The van der Waals surface area contributed by atoms with Crippen LogP contribution in [0.2, 0.25) is 0 Å². The van der Waals surface area contributed by atoms with Crippen LogP contribution < -0.4 is 0 Å². The molecular formula is C13H22N2. The van der Waals surface area contributed by atoms with E-state index in [2.05, 4.69) is 49.3 Å². The van der Waals surface area contributed by atoms with Gasteiger partial charge in [-0.3, -0.25) is 4.90 Å². The zero-order valence-electron chi connectivity index (χ0n) is 10.3. The molecule has 0 atom stereocenters. The molecule has 0 aromatic carbocycles. The van der Waals surface area contributed by atoms with Crippen molar-refractivity contribution in [1.82, 2.24) is 9.47 Å². The van der Waals surface area contributed by atoms with Gasteiger partial charge in [0.15, 0.2) is 0 Å². The van der Waals surface area contributed by atoms with Crippen molar-refractivity contribution in [2.75, 3.05) is 6.54 Å². The number of hydrogen-bond donors (Lipinski definition) is 0. The standard InChI is InChI=1S/C13H22N2/c1-10(2)13-6-5-12-9-14(11(3)4)7-8-15(12)13/h5-6,10-11H,7-9H2,1-4H3. The average molecular weight is 206 g/mol. The van der Waals surface area contributed by atoms with Gasteiger partial charge >= 0.3 is 0 Å². The first kappa shape index (κ1) is 10.7. The number of nitrogens with zero attached hydrogens (tertiary/aromatic N) is 2. The van der Waals surface area contributed by atoms with Gasteiger partial charge in [-0.05, 0) is 31.9 Å². The lowest BCUT2D eigenvalue weighted by molar-refractivity contribution is 0.175. The summed E-state index contributed by atoms with van der Waals surface area (Å²) in [6.07, 6.45) is 0. The van der Waals surface area contributed by atoms with Crippen molar-refractivity contribution in [1.29, 1.82) is 0 Å². The maximum Gasteiger partial charge on any atom is 0.0390 e. The van der Waals surface area contributed by atoms with E-state index in [0.29, 0.717) is 12.0 Å². The van der Waals surface area contributed by atoms with Crippen LogP contribution in [-0.2, 0) is 13.1 Å². The molecule has 0 bridgehead atoms. The minimum absolute atomic E-state index is 0.643. The first-order chi connectivity index (χ1) is 7.09. The van der Waals surface area contributed by atoms with Crippen molar-refractivity contribution in [2.24, 2.45) is 0 Å². The van der Waals surface area contributed by atoms with Crippen molar-refractivity contribution in [3.8, 4) is 0 Å². The van der Waals surface area contributed by atoms with Crippen LogP contribution in [0.25, 0.3) is 0 Å². The molecular weight excluding hydrogens is 184 g/mol. The third-order valence-corrected chi connectivity index (χ3v) is 3.40. The van der Waals surface area contributed by atoms with Gasteiger partial charge in [0.05, 0.1) is 0 Å². The summed E-state index contributed by atoms with van der Waals surface area (Å²) in [4.78, 5) is 2.54. The second kappa shape index (κ2) is 4.01. The summed E-state index contributed by atoms with van der Waals surface area (Å²) in [5.74, 6) is 0.643. The topological polar surface area (TPSA) is 8.17 Å². The zero-order valence-corrected chi connectivity index (χ0v) is 10.3. The van der Waals surface area contributed by atoms with Crippen LogP contribution in [0.4, 0.5) is 0 Å². The highest BCUT2D eigenvalue weighted by Gasteiger charge is 2.20. The molecule has 2 rings (SSSR count). The third kappa shape index (κ3) is 1.96. The lowest BCUT2D eigenvalue weighted by atomic mass is 10.1. The zero-order chi connectivity index (χ0) is 11.0. The smallest absolute Gasteiger partial charge is 0.0390 e. The Bertz CT molecular complexity index is 336. The van der Waals surface area contributed by atoms with E-state index in [1.165, 1.54) is 17.9 Å². The molecule has 0 N–H and O–H groups in total. The molecule has 15 heavy (non-hydrogen) atoms. The second-order valence-corrected chi connectivity index (χ2v) is 5.12. The lowest BCUT2D eigenvalue weighted by Crippen LogP contribution is -2.38. The van der Waals surface area contributed by atoms with Gasteiger partial charge in [0.1, 0.15) is 0 Å². The van der Waals surface area contributed by atoms with E-state index < -0.39 is 0 Å². The average Bonchev–Trinajstić information content (AvgIpc) is 2.59. The summed E-state index contributed by atoms with van der Waals surface area (Å²) in [6, 6.07) is 5.25. The van der Waals surface area contributed by atoms with Crippen LogP contribution in [0.1, 0.15) is 45.0 Å². The van der Waals surface area contributed by atoms with Gasteiger partial charge < -0.3 is 4.57 Å². The van der Waals surface area contributed by atoms with E-state index in [4.69, 9.17) is 0 Å². The molecule has 1 aliphatic heterocycles. The van der Waals surface area contributed by atoms with E-state index >= 15 is 0 Å². The Balaban J connectivity index is 2.22. The normalized spacial score (nSPS) is 17.5. The van der Waals surface area contributed by atoms with E-state index in [-0.39, 0.29) is 0 Å². The van der Waals surface area contributed by atoms with Crippen LogP contribution in [0, 0.1) is 0 Å². The Morgan fingerprint density at radius 3 is 2.40 bits per heavy atom. The number of hydrogen-bond acceptors (Lipinski definition) is 1. The molecule has 2 heteroatoms. The van der Waals surface area contributed by atoms with Crippen LogP contribution in [0.15, 0.2) is 12.1 Å². The summed E-state index contributed by atoms with van der Waals surface area (Å²) >= 11 is 0. The predicted octanol–water partition coefficient (Wildman–Crippen LogP) is 2.84. The molecule has 1 aliphatic rings. The molecule has 0 fully saturated rings. The molecule has 0 amide bonds. The van der Waals surface area contributed by atoms with E-state index in [9.17, 15) is 0 Å². The maximum atomic E-state index is 2.54. The predicted molar refractivity (Wildman–Crippen MR) is 64.1 cm³/mol. The minimum Gasteiger partial charge on any atom is -0.346 e. The number of aromatic nitrogens is 1. The maximum absolute atomic E-state index is 2.54. The molecule has 2 heterocycles. The van der Waals surface area contributed by atoms with Gasteiger partial charge in [-0.25, -0.2) is 0 Å². The lowest BCUT2D eigenvalue weighted by Gasteiger charge is -2.32. The number of rotatable bonds is 2. The number of fused-ring (bicyclic) bond motifs is 1. The minimum atomic E-state index is 0.643. The summed E-state index contributed by atoms with van der Waals surface area (Å²) in [6.45, 7) is 12.6. The van der Waals surface area contributed by atoms with E-state index in [0.717, 1.165) is 13.1 Å². The first-order valence-electron chi connectivity index (χ1n) is 6.02. The Morgan fingerprint density at radius 1 is 1.07 bits per heavy atom. The Hall–Kier alpha value is -0.760. The van der Waals surface area contributed by atoms with Gasteiger partial charge in [-0.2, -0.15) is 0 Å². The van der Waals surface area contributed by atoms with Crippen molar-refractivity contribution >= 4 is 0 Å². The summed E-state index contributed by atoms with van der Waals surface area (Å²) < 4.78 is 2.50. The third-order valence-electron chi connectivity index (χ3n) is 3.40. The molecule has 0 radical (unpaired) electrons. The molecule has 0 aliphatic carbocycles.